The van der Waals surface area contributed by atoms with Gasteiger partial charge >= 0.3 is 0 Å². The second-order valence-electron chi connectivity index (χ2n) is 7.54. The molecule has 1 atom stereocenters. The van der Waals surface area contributed by atoms with Crippen LogP contribution >= 0.6 is 23.1 Å². The number of carbonyl (C=O) groups is 1. The summed E-state index contributed by atoms with van der Waals surface area (Å²) < 4.78 is 35.0. The smallest absolute Gasteiger partial charge is 0.272 e. The largest absolute Gasteiger partial charge is 0.376 e. The molecule has 4 heterocycles. The van der Waals surface area contributed by atoms with Crippen molar-refractivity contribution < 1.29 is 18.3 Å². The molecule has 0 bridgehead atoms. The average Bonchev–Trinajstić information content (AvgIpc) is 3.45. The van der Waals surface area contributed by atoms with Gasteiger partial charge < -0.3 is 10.1 Å². The molecule has 170 valence electrons. The summed E-state index contributed by atoms with van der Waals surface area (Å²) in [6.07, 6.45) is 3.31. The normalized spacial score (nSPS) is 16.0. The standard InChI is InChI=1S/C22H18F2N4O3S2/c23-12-5-6-15(24)16(9-12)26-17(29)11-32-22-27-18-14-4-1-7-25-20(14)33-19(18)21(30)28(22)10-13-3-2-8-31-13/h1,4-7,9,13H,2-3,8,10-11H2,(H,26,29). The molecule has 33 heavy (non-hydrogen) atoms. The quantitative estimate of drug-likeness (QED) is 0.324. The van der Waals surface area contributed by atoms with E-state index in [0.29, 0.717) is 33.4 Å². The van der Waals surface area contributed by atoms with Crippen LogP contribution in [0.15, 0.2) is 46.5 Å². The summed E-state index contributed by atoms with van der Waals surface area (Å²) >= 11 is 2.35. The number of amides is 1. The number of nitrogens with one attached hydrogen (secondary N) is 1. The maximum atomic E-state index is 13.9. The van der Waals surface area contributed by atoms with E-state index in [1.54, 1.807) is 12.3 Å². The number of thiophene rings is 1. The van der Waals surface area contributed by atoms with Gasteiger partial charge in [0.05, 0.1) is 29.6 Å². The van der Waals surface area contributed by atoms with Crippen molar-refractivity contribution in [1.82, 2.24) is 14.5 Å². The lowest BCUT2D eigenvalue weighted by Gasteiger charge is -2.15. The Bertz CT molecular complexity index is 1420. The zero-order valence-electron chi connectivity index (χ0n) is 17.2. The van der Waals surface area contributed by atoms with E-state index < -0.39 is 17.5 Å². The van der Waals surface area contributed by atoms with Gasteiger partial charge in [0.25, 0.3) is 5.56 Å². The van der Waals surface area contributed by atoms with E-state index in [-0.39, 0.29) is 23.1 Å². The molecule has 0 saturated carbocycles. The molecule has 1 aliphatic rings. The lowest BCUT2D eigenvalue weighted by molar-refractivity contribution is -0.113. The minimum absolute atomic E-state index is 0.107. The Morgan fingerprint density at radius 1 is 1.33 bits per heavy atom. The Kier molecular flexibility index (Phi) is 6.09. The number of aromatic nitrogens is 3. The van der Waals surface area contributed by atoms with Gasteiger partial charge in [0.2, 0.25) is 5.91 Å². The molecule has 1 unspecified atom stereocenters. The molecule has 0 radical (unpaired) electrons. The average molecular weight is 489 g/mol. The number of hydrogen-bond acceptors (Lipinski definition) is 7. The third-order valence-corrected chi connectivity index (χ3v) is 7.33. The first-order chi connectivity index (χ1) is 16.0. The second kappa shape index (κ2) is 9.16. The van der Waals surface area contributed by atoms with Crippen LogP contribution < -0.4 is 10.9 Å². The van der Waals surface area contributed by atoms with Gasteiger partial charge in [-0.1, -0.05) is 11.8 Å². The van der Waals surface area contributed by atoms with Gasteiger partial charge in [-0.2, -0.15) is 0 Å². The first-order valence-corrected chi connectivity index (χ1v) is 12.1. The maximum Gasteiger partial charge on any atom is 0.272 e. The van der Waals surface area contributed by atoms with Crippen LogP contribution in [0.2, 0.25) is 0 Å². The molecule has 1 saturated heterocycles. The summed E-state index contributed by atoms with van der Waals surface area (Å²) in [6, 6.07) is 6.47. The predicted octanol–water partition coefficient (Wildman–Crippen LogP) is 4.19. The molecule has 4 aromatic rings. The Balaban J connectivity index is 1.47. The third-order valence-electron chi connectivity index (χ3n) is 5.26. The minimum Gasteiger partial charge on any atom is -0.376 e. The molecular formula is C22H18F2N4O3S2. The molecule has 1 amide bonds. The molecule has 0 spiro atoms. The second-order valence-corrected chi connectivity index (χ2v) is 9.48. The van der Waals surface area contributed by atoms with E-state index in [0.717, 1.165) is 48.2 Å². The topological polar surface area (TPSA) is 86.1 Å². The fourth-order valence-corrected chi connectivity index (χ4v) is 5.55. The number of fused-ring (bicyclic) bond motifs is 3. The minimum atomic E-state index is -0.734. The maximum absolute atomic E-state index is 13.9. The fraction of sp³-hybridized carbons (Fsp3) is 0.273. The molecule has 1 fully saturated rings. The number of anilines is 1. The van der Waals surface area contributed by atoms with Gasteiger partial charge in [0.1, 0.15) is 21.2 Å². The summed E-state index contributed by atoms with van der Waals surface area (Å²) in [5.41, 5.74) is 0.0871. The first kappa shape index (κ1) is 21.9. The summed E-state index contributed by atoms with van der Waals surface area (Å²) in [5.74, 6) is -2.07. The molecule has 11 heteroatoms. The number of halogens is 2. The molecule has 1 N–H and O–H groups in total. The molecule has 0 aliphatic carbocycles. The van der Waals surface area contributed by atoms with Crippen LogP contribution in [0.1, 0.15) is 12.8 Å². The molecule has 1 aliphatic heterocycles. The summed E-state index contributed by atoms with van der Waals surface area (Å²) in [7, 11) is 0. The van der Waals surface area contributed by atoms with Gasteiger partial charge in [-0.25, -0.2) is 18.7 Å². The van der Waals surface area contributed by atoms with Crippen molar-refractivity contribution in [1.29, 1.82) is 0 Å². The number of nitrogens with zero attached hydrogens (tertiary/aromatic N) is 3. The van der Waals surface area contributed by atoms with Crippen LogP contribution in [0.4, 0.5) is 14.5 Å². The molecular weight excluding hydrogens is 470 g/mol. The Morgan fingerprint density at radius 3 is 3.03 bits per heavy atom. The van der Waals surface area contributed by atoms with Crippen molar-refractivity contribution >= 4 is 55.1 Å². The van der Waals surface area contributed by atoms with Crippen LogP contribution in [-0.2, 0) is 16.1 Å². The van der Waals surface area contributed by atoms with E-state index in [1.807, 2.05) is 6.07 Å². The van der Waals surface area contributed by atoms with E-state index in [2.05, 4.69) is 10.3 Å². The van der Waals surface area contributed by atoms with Gasteiger partial charge in [-0.3, -0.25) is 14.2 Å². The monoisotopic (exact) mass is 488 g/mol. The molecule has 1 aromatic carbocycles. The molecule has 7 nitrogen and oxygen atoms in total. The highest BCUT2D eigenvalue weighted by Crippen LogP contribution is 2.31. The van der Waals surface area contributed by atoms with Crippen molar-refractivity contribution in [3.8, 4) is 0 Å². The third kappa shape index (κ3) is 4.48. The zero-order valence-corrected chi connectivity index (χ0v) is 18.8. The van der Waals surface area contributed by atoms with Gasteiger partial charge in [-0.05, 0) is 37.1 Å². The number of benzene rings is 1. The molecule has 5 rings (SSSR count). The Morgan fingerprint density at radius 2 is 2.21 bits per heavy atom. The lowest BCUT2D eigenvalue weighted by Crippen LogP contribution is -2.28. The van der Waals surface area contributed by atoms with Crippen molar-refractivity contribution in [2.45, 2.75) is 30.6 Å². The first-order valence-electron chi connectivity index (χ1n) is 10.3. The highest BCUT2D eigenvalue weighted by molar-refractivity contribution is 7.99. The van der Waals surface area contributed by atoms with Crippen LogP contribution in [0.25, 0.3) is 20.4 Å². The van der Waals surface area contributed by atoms with Gasteiger partial charge in [0.15, 0.2) is 5.16 Å². The van der Waals surface area contributed by atoms with Crippen molar-refractivity contribution in [3.05, 3.63) is 58.5 Å². The number of ether oxygens (including phenoxy) is 1. The summed E-state index contributed by atoms with van der Waals surface area (Å²) in [5, 5.41) is 3.50. The number of pyridine rings is 1. The summed E-state index contributed by atoms with van der Waals surface area (Å²) in [6.45, 7) is 0.970. The lowest BCUT2D eigenvalue weighted by atomic mass is 10.2. The SMILES string of the molecule is O=C(CSc1nc2c(sc3ncccc32)c(=O)n1CC1CCCO1)Nc1cc(F)ccc1F. The van der Waals surface area contributed by atoms with E-state index >= 15 is 0 Å². The van der Waals surface area contributed by atoms with Crippen LogP contribution in [0.3, 0.4) is 0 Å². The highest BCUT2D eigenvalue weighted by Gasteiger charge is 2.22. The van der Waals surface area contributed by atoms with E-state index in [1.165, 1.54) is 15.9 Å². The van der Waals surface area contributed by atoms with Crippen LogP contribution in [0, 0.1) is 11.6 Å². The Hall–Kier alpha value is -2.89. The van der Waals surface area contributed by atoms with Crippen molar-refractivity contribution in [2.75, 3.05) is 17.7 Å². The van der Waals surface area contributed by atoms with Crippen LogP contribution in [0.5, 0.6) is 0 Å². The van der Waals surface area contributed by atoms with Crippen LogP contribution in [-0.4, -0.2) is 38.9 Å². The predicted molar refractivity (Wildman–Crippen MR) is 124 cm³/mol. The van der Waals surface area contributed by atoms with E-state index in [4.69, 9.17) is 9.72 Å². The van der Waals surface area contributed by atoms with Gasteiger partial charge in [-0.15, -0.1) is 11.3 Å². The van der Waals surface area contributed by atoms with Crippen molar-refractivity contribution in [2.24, 2.45) is 0 Å². The van der Waals surface area contributed by atoms with Crippen molar-refractivity contribution in [3.63, 3.8) is 0 Å². The number of carbonyl (C=O) groups excluding carboxylic acids is 1. The number of hydrogen-bond donors (Lipinski definition) is 1. The zero-order chi connectivity index (χ0) is 22.9. The van der Waals surface area contributed by atoms with E-state index in [9.17, 15) is 18.4 Å². The highest BCUT2D eigenvalue weighted by atomic mass is 32.2. The Labute approximate surface area is 194 Å². The summed E-state index contributed by atoms with van der Waals surface area (Å²) in [4.78, 5) is 35.6. The molecule has 3 aromatic heterocycles. The number of rotatable bonds is 6. The van der Waals surface area contributed by atoms with Gasteiger partial charge in [0, 0.05) is 24.3 Å². The number of thioether (sulfide) groups is 1. The fourth-order valence-electron chi connectivity index (χ4n) is 3.71.